The van der Waals surface area contributed by atoms with Gasteiger partial charge in [-0.15, -0.1) is 0 Å². The number of fused-ring (bicyclic) bond motifs is 6. The van der Waals surface area contributed by atoms with E-state index in [1.165, 1.54) is 50.3 Å². The van der Waals surface area contributed by atoms with Gasteiger partial charge in [0.15, 0.2) is 0 Å². The molecule has 0 spiro atoms. The topological polar surface area (TPSA) is 22.1 Å². The van der Waals surface area contributed by atoms with E-state index in [0.717, 1.165) is 29.7 Å². The molecule has 0 saturated heterocycles. The number of benzene rings is 1. The van der Waals surface area contributed by atoms with E-state index >= 15 is 0 Å². The Labute approximate surface area is 206 Å². The Balaban J connectivity index is 1.26. The second kappa shape index (κ2) is 7.92. The second-order valence-electron chi connectivity index (χ2n) is 13.5. The number of nitrogens with zero attached hydrogens (tertiary/aromatic N) is 1. The van der Waals surface area contributed by atoms with Gasteiger partial charge in [-0.2, -0.15) is 0 Å². The third kappa shape index (κ3) is 3.58. The Morgan fingerprint density at radius 3 is 2.65 bits per heavy atom. The Bertz CT molecular complexity index is 1110. The number of pyridine rings is 1. The maximum Gasteiger partial charge on any atom is 0.0702 e. The molecule has 4 aliphatic rings. The van der Waals surface area contributed by atoms with E-state index in [4.69, 9.17) is 4.74 Å². The summed E-state index contributed by atoms with van der Waals surface area (Å²) in [5.41, 5.74) is 5.20. The zero-order valence-corrected chi connectivity index (χ0v) is 21.9. The number of rotatable bonds is 2. The molecule has 0 bridgehead atoms. The van der Waals surface area contributed by atoms with Crippen molar-refractivity contribution in [3.63, 3.8) is 0 Å². The maximum atomic E-state index is 6.44. The number of aromatic nitrogens is 1. The minimum atomic E-state index is -0.0412. The molecule has 7 atom stereocenters. The van der Waals surface area contributed by atoms with Crippen molar-refractivity contribution < 1.29 is 4.74 Å². The first-order valence-corrected chi connectivity index (χ1v) is 13.9. The molecule has 0 aliphatic heterocycles. The summed E-state index contributed by atoms with van der Waals surface area (Å²) in [5, 5.41) is 1.30. The molecule has 2 heteroatoms. The average Bonchev–Trinajstić information content (AvgIpc) is 3.15. The lowest BCUT2D eigenvalue weighted by molar-refractivity contribution is -0.0922. The van der Waals surface area contributed by atoms with Crippen LogP contribution in [-0.4, -0.2) is 16.7 Å². The smallest absolute Gasteiger partial charge is 0.0702 e. The van der Waals surface area contributed by atoms with Crippen LogP contribution in [0.25, 0.3) is 10.9 Å². The van der Waals surface area contributed by atoms with Crippen molar-refractivity contribution in [1.82, 2.24) is 4.98 Å². The van der Waals surface area contributed by atoms with Gasteiger partial charge in [0.05, 0.1) is 17.2 Å². The highest BCUT2D eigenvalue weighted by Gasteiger charge is 2.58. The zero-order chi connectivity index (χ0) is 23.7. The van der Waals surface area contributed by atoms with Crippen LogP contribution in [0, 0.1) is 28.6 Å². The van der Waals surface area contributed by atoms with Crippen molar-refractivity contribution in [1.29, 1.82) is 0 Å². The summed E-state index contributed by atoms with van der Waals surface area (Å²) in [4.78, 5) is 4.56. The quantitative estimate of drug-likeness (QED) is 0.422. The van der Waals surface area contributed by atoms with E-state index in [-0.39, 0.29) is 5.60 Å². The first-order valence-electron chi connectivity index (χ1n) is 13.9. The van der Waals surface area contributed by atoms with Gasteiger partial charge in [-0.3, -0.25) is 4.98 Å². The number of hydrogen-bond acceptors (Lipinski definition) is 2. The predicted octanol–water partition coefficient (Wildman–Crippen LogP) is 8.46. The minimum Gasteiger partial charge on any atom is -0.372 e. The normalized spacial score (nSPS) is 39.8. The summed E-state index contributed by atoms with van der Waals surface area (Å²) >= 11 is 0. The van der Waals surface area contributed by atoms with Gasteiger partial charge < -0.3 is 4.74 Å². The summed E-state index contributed by atoms with van der Waals surface area (Å²) in [6, 6.07) is 11.4. The molecule has 0 radical (unpaired) electrons. The van der Waals surface area contributed by atoms with Gasteiger partial charge in [-0.05, 0) is 130 Å². The van der Waals surface area contributed by atoms with Crippen LogP contribution in [0.1, 0.15) is 97.5 Å². The van der Waals surface area contributed by atoms with Crippen LogP contribution >= 0.6 is 0 Å². The summed E-state index contributed by atoms with van der Waals surface area (Å²) in [6.45, 7) is 11.9. The van der Waals surface area contributed by atoms with Gasteiger partial charge in [0.2, 0.25) is 0 Å². The molecule has 4 aliphatic carbocycles. The predicted molar refractivity (Wildman–Crippen MR) is 141 cm³/mol. The molecule has 3 saturated carbocycles. The van der Waals surface area contributed by atoms with E-state index in [9.17, 15) is 0 Å². The lowest BCUT2D eigenvalue weighted by Crippen LogP contribution is -2.50. The molecular formula is C32H43NO. The number of hydrogen-bond donors (Lipinski definition) is 0. The van der Waals surface area contributed by atoms with Crippen molar-refractivity contribution in [3.8, 4) is 0 Å². The van der Waals surface area contributed by atoms with Gasteiger partial charge in [0.1, 0.15) is 0 Å². The Morgan fingerprint density at radius 2 is 1.82 bits per heavy atom. The number of allylic oxidation sites excluding steroid dienone is 1. The van der Waals surface area contributed by atoms with Crippen LogP contribution in [-0.2, 0) is 4.74 Å². The Morgan fingerprint density at radius 1 is 0.971 bits per heavy atom. The molecule has 0 amide bonds. The van der Waals surface area contributed by atoms with Crippen LogP contribution < -0.4 is 0 Å². The van der Waals surface area contributed by atoms with E-state index in [1.807, 2.05) is 6.20 Å². The summed E-state index contributed by atoms with van der Waals surface area (Å²) in [7, 11) is 0. The molecule has 182 valence electrons. The molecule has 6 rings (SSSR count). The van der Waals surface area contributed by atoms with Crippen LogP contribution in [0.4, 0.5) is 0 Å². The van der Waals surface area contributed by atoms with Crippen molar-refractivity contribution in [2.45, 2.75) is 104 Å². The monoisotopic (exact) mass is 457 g/mol. The molecule has 3 fully saturated rings. The van der Waals surface area contributed by atoms with Crippen molar-refractivity contribution >= 4 is 10.9 Å². The highest BCUT2D eigenvalue weighted by molar-refractivity contribution is 5.79. The van der Waals surface area contributed by atoms with E-state index in [1.54, 1.807) is 11.1 Å². The highest BCUT2D eigenvalue weighted by atomic mass is 16.5. The molecule has 1 heterocycles. The van der Waals surface area contributed by atoms with Gasteiger partial charge in [0, 0.05) is 11.6 Å². The molecular weight excluding hydrogens is 414 g/mol. The van der Waals surface area contributed by atoms with Gasteiger partial charge in [-0.1, -0.05) is 37.6 Å². The van der Waals surface area contributed by atoms with Crippen LogP contribution in [0.3, 0.4) is 0 Å². The van der Waals surface area contributed by atoms with Gasteiger partial charge in [-0.25, -0.2) is 0 Å². The Kier molecular flexibility index (Phi) is 5.30. The molecule has 34 heavy (non-hydrogen) atoms. The van der Waals surface area contributed by atoms with Crippen molar-refractivity contribution in [2.24, 2.45) is 28.6 Å². The average molecular weight is 458 g/mol. The molecule has 2 aromatic rings. The van der Waals surface area contributed by atoms with E-state index in [2.05, 4.69) is 76.0 Å². The van der Waals surface area contributed by atoms with Gasteiger partial charge in [0.25, 0.3) is 0 Å². The summed E-state index contributed by atoms with van der Waals surface area (Å²) in [5.74, 6) is 3.27. The molecule has 2 nitrogen and oxygen atoms in total. The fourth-order valence-corrected chi connectivity index (χ4v) is 9.09. The zero-order valence-electron chi connectivity index (χ0n) is 21.9. The van der Waals surface area contributed by atoms with Gasteiger partial charge >= 0.3 is 0 Å². The fourth-order valence-electron chi connectivity index (χ4n) is 9.09. The SMILES string of the molecule is CC(C)(C)O[C@H]1CC[C@@]2(C)C(=CC[C@H]3[C@@H]4CC[C@H](c5ccc6ncccc6c5)[C@@]4(C)CC[C@@H]32)C1. The third-order valence-electron chi connectivity index (χ3n) is 10.6. The summed E-state index contributed by atoms with van der Waals surface area (Å²) < 4.78 is 6.44. The fraction of sp³-hybridized carbons (Fsp3) is 0.656. The van der Waals surface area contributed by atoms with E-state index < -0.39 is 0 Å². The van der Waals surface area contributed by atoms with Crippen LogP contribution in [0.5, 0.6) is 0 Å². The maximum absolute atomic E-state index is 6.44. The van der Waals surface area contributed by atoms with Crippen LogP contribution in [0.2, 0.25) is 0 Å². The molecule has 1 aromatic carbocycles. The lowest BCUT2D eigenvalue weighted by Gasteiger charge is -2.58. The molecule has 1 aromatic heterocycles. The third-order valence-corrected chi connectivity index (χ3v) is 10.6. The summed E-state index contributed by atoms with van der Waals surface area (Å²) in [6.07, 6.45) is 15.5. The second-order valence-corrected chi connectivity index (χ2v) is 13.5. The number of ether oxygens (including phenoxy) is 1. The lowest BCUT2D eigenvalue weighted by atomic mass is 9.47. The van der Waals surface area contributed by atoms with Crippen LogP contribution in [0.15, 0.2) is 48.2 Å². The van der Waals surface area contributed by atoms with Crippen molar-refractivity contribution in [2.75, 3.05) is 0 Å². The van der Waals surface area contributed by atoms with Crippen molar-refractivity contribution in [3.05, 3.63) is 53.7 Å². The molecule has 0 unspecified atom stereocenters. The first-order chi connectivity index (χ1) is 16.2. The Hall–Kier alpha value is -1.67. The van der Waals surface area contributed by atoms with E-state index in [0.29, 0.717) is 22.9 Å². The minimum absolute atomic E-state index is 0.0412. The first kappa shape index (κ1) is 22.8. The largest absolute Gasteiger partial charge is 0.372 e. The highest BCUT2D eigenvalue weighted by Crippen LogP contribution is 2.68. The molecule has 0 N–H and O–H groups in total. The standard InChI is InChI=1S/C32H43NO/c1-30(2,3)34-24-14-16-31(4)23(20-24)9-10-25-27-12-11-26(32(27,5)17-15-28(25)31)21-8-13-29-22(19-21)7-6-18-33-29/h6-9,13,18-19,24-28H,10-12,14-17,20H2,1-5H3/t24-,25-,26+,27-,28-,31-,32+/m0/s1.